The van der Waals surface area contributed by atoms with Gasteiger partial charge in [0.1, 0.15) is 0 Å². The van der Waals surface area contributed by atoms with E-state index >= 15 is 0 Å². The minimum absolute atomic E-state index is 1.18. The molecule has 0 spiro atoms. The summed E-state index contributed by atoms with van der Waals surface area (Å²) < 4.78 is 0. The van der Waals surface area contributed by atoms with Crippen molar-refractivity contribution >= 4 is 6.16 Å². The van der Waals surface area contributed by atoms with E-state index in [2.05, 4.69) is 25.3 Å². The summed E-state index contributed by atoms with van der Waals surface area (Å²) in [4.78, 5) is 10.9. The average Bonchev–Trinajstić information content (AvgIpc) is 2.17. The fraction of sp³-hybridized carbons (Fsp3) is 0.727. The van der Waals surface area contributed by atoms with Gasteiger partial charge in [-0.25, -0.2) is 4.79 Å². The molecule has 0 amide bonds. The molecule has 0 heterocycles. The summed E-state index contributed by atoms with van der Waals surface area (Å²) in [6.07, 6.45) is 5.25. The lowest BCUT2D eigenvalue weighted by atomic mass is 10.3. The van der Waals surface area contributed by atoms with Crippen LogP contribution in [0, 0.1) is 0 Å². The van der Waals surface area contributed by atoms with Crippen LogP contribution in [0.2, 0.25) is 0 Å². The van der Waals surface area contributed by atoms with Gasteiger partial charge in [-0.05, 0) is 19.0 Å². The van der Waals surface area contributed by atoms with Crippen molar-refractivity contribution in [3.63, 3.8) is 0 Å². The number of carboxylic acid groups (broad SMARTS) is 2. The van der Waals surface area contributed by atoms with Gasteiger partial charge in [0.15, 0.2) is 0 Å². The first kappa shape index (κ1) is 16.2. The van der Waals surface area contributed by atoms with Crippen LogP contribution in [0.15, 0.2) is 12.8 Å². The molecule has 0 aromatic heterocycles. The van der Waals surface area contributed by atoms with Crippen LogP contribution in [0.25, 0.3) is 0 Å². The number of hydrogen-bond acceptors (Lipinski definition) is 2. The van der Waals surface area contributed by atoms with E-state index in [1.807, 2.05) is 6.20 Å². The minimum atomic E-state index is -1.83. The molecule has 0 saturated carbocycles. The van der Waals surface area contributed by atoms with Crippen LogP contribution in [0.5, 0.6) is 0 Å². The Kier molecular flexibility index (Phi) is 13.9. The predicted molar refractivity (Wildman–Crippen MR) is 62.2 cm³/mol. The lowest BCUT2D eigenvalue weighted by Gasteiger charge is -2.18. The molecule has 0 radical (unpaired) electrons. The molecular weight excluding hydrogens is 194 g/mol. The summed E-state index contributed by atoms with van der Waals surface area (Å²) in [6, 6.07) is 0. The molecule has 0 saturated heterocycles. The van der Waals surface area contributed by atoms with E-state index in [4.69, 9.17) is 15.0 Å². The normalized spacial score (nSPS) is 8.67. The SMILES string of the molecule is C=CN(CCCC)CCCC.O=C(O)O. The molecule has 0 aliphatic rings. The zero-order chi connectivity index (χ0) is 12.1. The van der Waals surface area contributed by atoms with Crippen LogP contribution < -0.4 is 0 Å². The van der Waals surface area contributed by atoms with Gasteiger partial charge in [0, 0.05) is 13.1 Å². The van der Waals surface area contributed by atoms with Crippen molar-refractivity contribution < 1.29 is 15.0 Å². The van der Waals surface area contributed by atoms with E-state index in [0.29, 0.717) is 0 Å². The van der Waals surface area contributed by atoms with Gasteiger partial charge in [-0.2, -0.15) is 0 Å². The molecule has 0 aromatic carbocycles. The van der Waals surface area contributed by atoms with Gasteiger partial charge in [0.05, 0.1) is 0 Å². The topological polar surface area (TPSA) is 60.8 Å². The highest BCUT2D eigenvalue weighted by Crippen LogP contribution is 1.98. The van der Waals surface area contributed by atoms with Crippen LogP contribution in [0.1, 0.15) is 39.5 Å². The van der Waals surface area contributed by atoms with Crippen LogP contribution in [-0.2, 0) is 0 Å². The molecule has 0 aromatic rings. The highest BCUT2D eigenvalue weighted by Gasteiger charge is 1.95. The monoisotopic (exact) mass is 217 g/mol. The van der Waals surface area contributed by atoms with Gasteiger partial charge in [-0.1, -0.05) is 33.3 Å². The maximum atomic E-state index is 8.56. The van der Waals surface area contributed by atoms with E-state index < -0.39 is 6.16 Å². The third-order valence-electron chi connectivity index (χ3n) is 1.86. The molecule has 0 fully saturated rings. The molecule has 0 unspecified atom stereocenters. The Morgan fingerprint density at radius 1 is 1.20 bits per heavy atom. The van der Waals surface area contributed by atoms with Gasteiger partial charge >= 0.3 is 6.16 Å². The lowest BCUT2D eigenvalue weighted by Crippen LogP contribution is -2.19. The third-order valence-corrected chi connectivity index (χ3v) is 1.86. The summed E-state index contributed by atoms with van der Waals surface area (Å²) in [6.45, 7) is 10.6. The maximum Gasteiger partial charge on any atom is 0.503 e. The fourth-order valence-electron chi connectivity index (χ4n) is 1.02. The molecule has 0 bridgehead atoms. The molecule has 0 aliphatic heterocycles. The molecule has 4 heteroatoms. The van der Waals surface area contributed by atoms with Gasteiger partial charge < -0.3 is 15.1 Å². The zero-order valence-corrected chi connectivity index (χ0v) is 9.78. The quantitative estimate of drug-likeness (QED) is 0.687. The first-order chi connectivity index (χ1) is 7.08. The number of unbranched alkanes of at least 4 members (excludes halogenated alkanes) is 2. The highest BCUT2D eigenvalue weighted by molar-refractivity contribution is 5.53. The maximum absolute atomic E-state index is 8.56. The van der Waals surface area contributed by atoms with E-state index in [9.17, 15) is 0 Å². The van der Waals surface area contributed by atoms with Crippen LogP contribution in [0.3, 0.4) is 0 Å². The fourth-order valence-corrected chi connectivity index (χ4v) is 1.02. The van der Waals surface area contributed by atoms with Gasteiger partial charge in [-0.3, -0.25) is 0 Å². The lowest BCUT2D eigenvalue weighted by molar-refractivity contribution is 0.137. The number of hydrogen-bond donors (Lipinski definition) is 2. The Balaban J connectivity index is 0. The molecule has 0 aliphatic carbocycles. The first-order valence-corrected chi connectivity index (χ1v) is 5.36. The van der Waals surface area contributed by atoms with Crippen molar-refractivity contribution in [1.29, 1.82) is 0 Å². The highest BCUT2D eigenvalue weighted by atomic mass is 16.6. The van der Waals surface area contributed by atoms with Crippen LogP contribution in [0.4, 0.5) is 4.79 Å². The molecule has 15 heavy (non-hydrogen) atoms. The second-order valence-electron chi connectivity index (χ2n) is 3.21. The van der Waals surface area contributed by atoms with Crippen molar-refractivity contribution in [1.82, 2.24) is 4.90 Å². The zero-order valence-electron chi connectivity index (χ0n) is 9.78. The van der Waals surface area contributed by atoms with Crippen molar-refractivity contribution in [3.8, 4) is 0 Å². The number of nitrogens with zero attached hydrogens (tertiary/aromatic N) is 1. The van der Waals surface area contributed by atoms with Crippen LogP contribution >= 0.6 is 0 Å². The van der Waals surface area contributed by atoms with E-state index in [1.54, 1.807) is 0 Å². The average molecular weight is 217 g/mol. The molecular formula is C11H23NO3. The Morgan fingerprint density at radius 2 is 1.53 bits per heavy atom. The smallest absolute Gasteiger partial charge is 0.450 e. The first-order valence-electron chi connectivity index (χ1n) is 5.36. The van der Waals surface area contributed by atoms with E-state index in [1.165, 1.54) is 38.8 Å². The number of carbonyl (C=O) groups is 1. The summed E-state index contributed by atoms with van der Waals surface area (Å²) in [7, 11) is 0. The third kappa shape index (κ3) is 19.3. The van der Waals surface area contributed by atoms with E-state index in [-0.39, 0.29) is 0 Å². The van der Waals surface area contributed by atoms with Crippen molar-refractivity contribution in [2.45, 2.75) is 39.5 Å². The van der Waals surface area contributed by atoms with Crippen LogP contribution in [-0.4, -0.2) is 34.4 Å². The van der Waals surface area contributed by atoms with Gasteiger partial charge in [0.25, 0.3) is 0 Å². The van der Waals surface area contributed by atoms with Gasteiger partial charge in [0.2, 0.25) is 0 Å². The van der Waals surface area contributed by atoms with Gasteiger partial charge in [-0.15, -0.1) is 0 Å². The Morgan fingerprint density at radius 3 is 1.73 bits per heavy atom. The Labute approximate surface area is 92.2 Å². The second kappa shape index (κ2) is 12.8. The van der Waals surface area contributed by atoms with Crippen molar-refractivity contribution in [2.24, 2.45) is 0 Å². The van der Waals surface area contributed by atoms with E-state index in [0.717, 1.165) is 0 Å². The molecule has 0 atom stereocenters. The largest absolute Gasteiger partial charge is 0.503 e. The second-order valence-corrected chi connectivity index (χ2v) is 3.21. The minimum Gasteiger partial charge on any atom is -0.450 e. The summed E-state index contributed by atoms with van der Waals surface area (Å²) in [5.41, 5.74) is 0. The summed E-state index contributed by atoms with van der Waals surface area (Å²) >= 11 is 0. The molecule has 90 valence electrons. The Hall–Kier alpha value is -1.19. The number of rotatable bonds is 7. The Bertz CT molecular complexity index is 148. The predicted octanol–water partition coefficient (Wildman–Crippen LogP) is 3.25. The molecule has 2 N–H and O–H groups in total. The summed E-state index contributed by atoms with van der Waals surface area (Å²) in [5, 5.41) is 13.9. The van der Waals surface area contributed by atoms with Crippen molar-refractivity contribution in [3.05, 3.63) is 12.8 Å². The van der Waals surface area contributed by atoms with Crippen molar-refractivity contribution in [2.75, 3.05) is 13.1 Å². The molecule has 4 nitrogen and oxygen atoms in total. The standard InChI is InChI=1S/C10H21N.CH2O3/c1-4-7-9-11(6-3)10-8-5-2;2-1(3)4/h6H,3-5,7-10H2,1-2H3;(H2,2,3,4). The summed E-state index contributed by atoms with van der Waals surface area (Å²) in [5.74, 6) is 0. The molecule has 0 rings (SSSR count).